The van der Waals surface area contributed by atoms with E-state index >= 15 is 0 Å². The van der Waals surface area contributed by atoms with Crippen LogP contribution >= 0.6 is 0 Å². The third-order valence-electron chi connectivity index (χ3n) is 3.50. The van der Waals surface area contributed by atoms with Gasteiger partial charge in [0.2, 0.25) is 10.0 Å². The lowest BCUT2D eigenvalue weighted by Crippen LogP contribution is -2.41. The molecule has 0 spiro atoms. The summed E-state index contributed by atoms with van der Waals surface area (Å²) in [5.41, 5.74) is 5.78. The second-order valence-electron chi connectivity index (χ2n) is 5.31. The number of aromatic nitrogens is 1. The fourth-order valence-corrected chi connectivity index (χ4v) is 5.16. The highest BCUT2D eigenvalue weighted by molar-refractivity contribution is 7.91. The van der Waals surface area contributed by atoms with Gasteiger partial charge in [0.15, 0.2) is 14.9 Å². The molecule has 0 saturated carbocycles. The number of pyridine rings is 1. The minimum absolute atomic E-state index is 0.119. The molecule has 2 heterocycles. The standard InChI is InChI=1S/C12H19N3O4S2/c1-20(16,17)15-7-3-4-10(8-15)9-21(18,19)12-11(13)5-2-6-14-12/h2,5-6,10H,3-4,7-9,13H2,1H3. The highest BCUT2D eigenvalue weighted by atomic mass is 32.2. The van der Waals surface area contributed by atoms with Crippen molar-refractivity contribution in [2.45, 2.75) is 17.9 Å². The van der Waals surface area contributed by atoms with Crippen LogP contribution in [0.2, 0.25) is 0 Å². The maximum Gasteiger partial charge on any atom is 0.211 e. The van der Waals surface area contributed by atoms with Crippen molar-refractivity contribution in [2.24, 2.45) is 5.92 Å². The molecule has 1 aliphatic heterocycles. The largest absolute Gasteiger partial charge is 0.396 e. The van der Waals surface area contributed by atoms with E-state index in [1.807, 2.05) is 0 Å². The maximum atomic E-state index is 12.4. The maximum absolute atomic E-state index is 12.4. The van der Waals surface area contributed by atoms with Gasteiger partial charge in [0.05, 0.1) is 17.7 Å². The zero-order valence-electron chi connectivity index (χ0n) is 11.8. The Morgan fingerprint density at radius 1 is 1.38 bits per heavy atom. The van der Waals surface area contributed by atoms with Gasteiger partial charge in [-0.3, -0.25) is 0 Å². The van der Waals surface area contributed by atoms with Crippen LogP contribution in [-0.4, -0.2) is 51.2 Å². The Kier molecular flexibility index (Phi) is 4.54. The van der Waals surface area contributed by atoms with Gasteiger partial charge in [-0.2, -0.15) is 0 Å². The zero-order chi connectivity index (χ0) is 15.7. The summed E-state index contributed by atoms with van der Waals surface area (Å²) in [5, 5.41) is -0.124. The van der Waals surface area contributed by atoms with Crippen LogP contribution in [0.25, 0.3) is 0 Å². The number of hydrogen-bond acceptors (Lipinski definition) is 6. The molecule has 0 aromatic carbocycles. The summed E-state index contributed by atoms with van der Waals surface area (Å²) < 4.78 is 49.2. The first-order valence-electron chi connectivity index (χ1n) is 6.58. The number of nitrogen functional groups attached to an aromatic ring is 1. The molecule has 0 radical (unpaired) electrons. The van der Waals surface area contributed by atoms with Crippen LogP contribution in [0.3, 0.4) is 0 Å². The van der Waals surface area contributed by atoms with Gasteiger partial charge in [-0.1, -0.05) is 0 Å². The number of piperidine rings is 1. The van der Waals surface area contributed by atoms with Crippen LogP contribution < -0.4 is 5.73 Å². The third-order valence-corrected chi connectivity index (χ3v) is 6.61. The molecule has 1 saturated heterocycles. The Labute approximate surface area is 125 Å². The second kappa shape index (κ2) is 5.90. The van der Waals surface area contributed by atoms with E-state index < -0.39 is 19.9 Å². The first-order valence-corrected chi connectivity index (χ1v) is 10.1. The van der Waals surface area contributed by atoms with Crippen molar-refractivity contribution in [1.82, 2.24) is 9.29 Å². The Hall–Kier alpha value is -1.19. The number of sulfone groups is 1. The molecule has 0 aliphatic carbocycles. The average molecular weight is 333 g/mol. The summed E-state index contributed by atoms with van der Waals surface area (Å²) >= 11 is 0. The van der Waals surface area contributed by atoms with Crippen LogP contribution in [0.4, 0.5) is 5.69 Å². The van der Waals surface area contributed by atoms with E-state index in [4.69, 9.17) is 5.73 Å². The number of nitrogens with zero attached hydrogens (tertiary/aromatic N) is 2. The van der Waals surface area contributed by atoms with E-state index in [9.17, 15) is 16.8 Å². The molecular weight excluding hydrogens is 314 g/mol. The lowest BCUT2D eigenvalue weighted by atomic mass is 10.0. The van der Waals surface area contributed by atoms with Gasteiger partial charge in [-0.05, 0) is 30.9 Å². The average Bonchev–Trinajstić information content (AvgIpc) is 2.37. The van der Waals surface area contributed by atoms with E-state index in [2.05, 4.69) is 4.98 Å². The summed E-state index contributed by atoms with van der Waals surface area (Å²) in [5.74, 6) is -0.375. The predicted octanol–water partition coefficient (Wildman–Crippen LogP) is 0.109. The van der Waals surface area contributed by atoms with E-state index in [0.717, 1.165) is 6.26 Å². The van der Waals surface area contributed by atoms with Gasteiger partial charge in [-0.15, -0.1) is 0 Å². The van der Waals surface area contributed by atoms with Crippen LogP contribution in [0.1, 0.15) is 12.8 Å². The van der Waals surface area contributed by atoms with Crippen LogP contribution in [0, 0.1) is 5.92 Å². The Morgan fingerprint density at radius 3 is 2.71 bits per heavy atom. The molecule has 118 valence electrons. The number of rotatable bonds is 4. The minimum Gasteiger partial charge on any atom is -0.396 e. The molecule has 2 rings (SSSR count). The molecule has 7 nitrogen and oxygen atoms in total. The van der Waals surface area contributed by atoms with Gasteiger partial charge in [-0.25, -0.2) is 26.1 Å². The molecule has 0 amide bonds. The molecule has 21 heavy (non-hydrogen) atoms. The number of hydrogen-bond donors (Lipinski definition) is 1. The van der Waals surface area contributed by atoms with E-state index in [1.54, 1.807) is 6.07 Å². The molecule has 1 aromatic heterocycles. The van der Waals surface area contributed by atoms with Gasteiger partial charge < -0.3 is 5.73 Å². The monoisotopic (exact) mass is 333 g/mol. The van der Waals surface area contributed by atoms with Crippen molar-refractivity contribution in [1.29, 1.82) is 0 Å². The summed E-state index contributed by atoms with van der Waals surface area (Å²) in [6.45, 7) is 0.673. The highest BCUT2D eigenvalue weighted by Crippen LogP contribution is 2.24. The molecule has 1 aromatic rings. The Bertz CT molecular complexity index is 716. The summed E-state index contributed by atoms with van der Waals surface area (Å²) in [4.78, 5) is 3.84. The topological polar surface area (TPSA) is 110 Å². The van der Waals surface area contributed by atoms with Crippen molar-refractivity contribution in [3.8, 4) is 0 Å². The van der Waals surface area contributed by atoms with Crippen molar-refractivity contribution < 1.29 is 16.8 Å². The van der Waals surface area contributed by atoms with Crippen LogP contribution in [0.5, 0.6) is 0 Å². The van der Waals surface area contributed by atoms with Crippen molar-refractivity contribution in [3.63, 3.8) is 0 Å². The lowest BCUT2D eigenvalue weighted by molar-refractivity contribution is 0.283. The number of nitrogens with two attached hydrogens (primary N) is 1. The van der Waals surface area contributed by atoms with Gasteiger partial charge in [0.1, 0.15) is 0 Å². The fraction of sp³-hybridized carbons (Fsp3) is 0.583. The van der Waals surface area contributed by atoms with E-state index in [1.165, 1.54) is 16.6 Å². The third kappa shape index (κ3) is 3.92. The zero-order valence-corrected chi connectivity index (χ0v) is 13.4. The normalized spacial score (nSPS) is 21.3. The van der Waals surface area contributed by atoms with Gasteiger partial charge in [0, 0.05) is 19.3 Å². The first kappa shape index (κ1) is 16.2. The number of anilines is 1. The second-order valence-corrected chi connectivity index (χ2v) is 9.24. The molecule has 9 heteroatoms. The van der Waals surface area contributed by atoms with Crippen molar-refractivity contribution in [3.05, 3.63) is 18.3 Å². The Morgan fingerprint density at radius 2 is 2.10 bits per heavy atom. The van der Waals surface area contributed by atoms with Gasteiger partial charge in [0.25, 0.3) is 0 Å². The molecule has 1 aliphatic rings. The quantitative estimate of drug-likeness (QED) is 0.837. The molecule has 2 N–H and O–H groups in total. The lowest BCUT2D eigenvalue weighted by Gasteiger charge is -2.30. The molecule has 1 unspecified atom stereocenters. The summed E-state index contributed by atoms with van der Waals surface area (Å²) in [7, 11) is -6.91. The van der Waals surface area contributed by atoms with Crippen LogP contribution in [0.15, 0.2) is 23.4 Å². The highest BCUT2D eigenvalue weighted by Gasteiger charge is 2.31. The SMILES string of the molecule is CS(=O)(=O)N1CCCC(CS(=O)(=O)c2ncccc2N)C1. The molecule has 1 fully saturated rings. The predicted molar refractivity (Wildman–Crippen MR) is 79.8 cm³/mol. The van der Waals surface area contributed by atoms with Crippen molar-refractivity contribution in [2.75, 3.05) is 30.8 Å². The summed E-state index contributed by atoms with van der Waals surface area (Å²) in [6.07, 6.45) is 3.86. The van der Waals surface area contributed by atoms with Crippen LogP contribution in [-0.2, 0) is 19.9 Å². The minimum atomic E-state index is -3.62. The first-order chi connectivity index (χ1) is 9.70. The van der Waals surface area contributed by atoms with Crippen molar-refractivity contribution >= 4 is 25.5 Å². The van der Waals surface area contributed by atoms with E-state index in [0.29, 0.717) is 19.4 Å². The molecule has 0 bridgehead atoms. The fourth-order valence-electron chi connectivity index (χ4n) is 2.52. The molecule has 1 atom stereocenters. The van der Waals surface area contributed by atoms with Gasteiger partial charge >= 0.3 is 0 Å². The summed E-state index contributed by atoms with van der Waals surface area (Å²) in [6, 6.07) is 3.06. The van der Waals surface area contributed by atoms with E-state index in [-0.39, 0.29) is 28.9 Å². The smallest absolute Gasteiger partial charge is 0.211 e. The molecular formula is C12H19N3O4S2. The number of sulfonamides is 1. The Balaban J connectivity index is 2.16.